The van der Waals surface area contributed by atoms with Gasteiger partial charge in [-0.2, -0.15) is 0 Å². The van der Waals surface area contributed by atoms with E-state index in [1.807, 2.05) is 43.6 Å². The first-order valence-corrected chi connectivity index (χ1v) is 17.7. The molecule has 4 aliphatic heterocycles. The molecular weight excluding hydrogens is 662 g/mol. The number of pyridine rings is 1. The number of carbonyl (C=O) groups is 2. The molecule has 1 aromatic carbocycles. The van der Waals surface area contributed by atoms with E-state index in [4.69, 9.17) is 28.2 Å². The molecule has 2 N–H and O–H groups in total. The van der Waals surface area contributed by atoms with Crippen molar-refractivity contribution in [1.29, 1.82) is 0 Å². The van der Waals surface area contributed by atoms with Gasteiger partial charge in [0, 0.05) is 48.5 Å². The van der Waals surface area contributed by atoms with Crippen LogP contribution in [0.3, 0.4) is 0 Å². The van der Waals surface area contributed by atoms with Crippen LogP contribution in [0, 0.1) is 11.7 Å². The fourth-order valence-electron chi connectivity index (χ4n) is 7.61. The molecule has 5 atom stereocenters. The van der Waals surface area contributed by atoms with Crippen molar-refractivity contribution in [2.45, 2.75) is 88.7 Å². The minimum Gasteiger partial charge on any atom is -0.388 e. The predicted molar refractivity (Wildman–Crippen MR) is 181 cm³/mol. The molecule has 0 radical (unpaired) electrons. The van der Waals surface area contributed by atoms with Crippen LogP contribution in [0.2, 0.25) is 10.2 Å². The molecule has 13 heteroatoms. The Balaban J connectivity index is 1.28. The number of fused-ring (bicyclic) bond motifs is 1. The highest BCUT2D eigenvalue weighted by Crippen LogP contribution is 2.56. The van der Waals surface area contributed by atoms with Crippen molar-refractivity contribution in [2.24, 2.45) is 10.9 Å². The van der Waals surface area contributed by atoms with Gasteiger partial charge in [-0.3, -0.25) is 9.59 Å². The zero-order valence-corrected chi connectivity index (χ0v) is 29.4. The summed E-state index contributed by atoms with van der Waals surface area (Å²) in [6.45, 7) is 11.0. The van der Waals surface area contributed by atoms with Gasteiger partial charge in [-0.25, -0.2) is 14.4 Å². The number of hydrogen-bond acceptors (Lipinski definition) is 8. The van der Waals surface area contributed by atoms with Crippen molar-refractivity contribution in [1.82, 2.24) is 25.0 Å². The third-order valence-corrected chi connectivity index (χ3v) is 11.9. The van der Waals surface area contributed by atoms with Gasteiger partial charge in [-0.1, -0.05) is 49.2 Å². The molecule has 7 rings (SSSR count). The number of benzene rings is 1. The van der Waals surface area contributed by atoms with E-state index < -0.39 is 29.0 Å². The van der Waals surface area contributed by atoms with E-state index in [1.54, 1.807) is 30.2 Å². The molecule has 9 nitrogen and oxygen atoms in total. The molecule has 1 aliphatic carbocycles. The van der Waals surface area contributed by atoms with E-state index in [2.05, 4.69) is 10.3 Å². The van der Waals surface area contributed by atoms with Gasteiger partial charge in [0.05, 0.1) is 23.2 Å². The Morgan fingerprint density at radius 2 is 1.87 bits per heavy atom. The third kappa shape index (κ3) is 5.56. The Labute approximate surface area is 288 Å². The molecule has 2 aromatic rings. The number of rotatable bonds is 5. The molecule has 1 saturated carbocycles. The van der Waals surface area contributed by atoms with Crippen molar-refractivity contribution >= 4 is 51.9 Å². The van der Waals surface area contributed by atoms with Crippen LogP contribution in [0.4, 0.5) is 4.39 Å². The average molecular weight is 702 g/mol. The molecule has 2 saturated heterocycles. The monoisotopic (exact) mass is 700 g/mol. The Hall–Kier alpha value is -2.70. The molecule has 47 heavy (non-hydrogen) atoms. The van der Waals surface area contributed by atoms with Crippen molar-refractivity contribution in [3.05, 3.63) is 74.3 Å². The molecule has 0 unspecified atom stereocenters. The lowest BCUT2D eigenvalue weighted by molar-refractivity contribution is -0.144. The van der Waals surface area contributed by atoms with E-state index >= 15 is 4.39 Å². The lowest BCUT2D eigenvalue weighted by Crippen LogP contribution is -2.61. The number of thioether (sulfide) groups is 1. The van der Waals surface area contributed by atoms with Gasteiger partial charge in [0.2, 0.25) is 5.91 Å². The summed E-state index contributed by atoms with van der Waals surface area (Å²) in [4.78, 5) is 44.3. The highest BCUT2D eigenvalue weighted by Gasteiger charge is 2.56. The van der Waals surface area contributed by atoms with Gasteiger partial charge in [0.1, 0.15) is 27.5 Å². The second kappa shape index (κ2) is 11.4. The minimum absolute atomic E-state index is 0.0113. The fourth-order valence-corrected chi connectivity index (χ4v) is 9.20. The lowest BCUT2D eigenvalue weighted by atomic mass is 9.81. The van der Waals surface area contributed by atoms with Crippen LogP contribution in [-0.4, -0.2) is 84.6 Å². The molecule has 250 valence electrons. The number of aliphatic hydroxyl groups is 1. The van der Waals surface area contributed by atoms with Gasteiger partial charge in [-0.05, 0) is 75.1 Å². The summed E-state index contributed by atoms with van der Waals surface area (Å²) in [6.07, 6.45) is 3.89. The van der Waals surface area contributed by atoms with E-state index in [0.29, 0.717) is 33.9 Å². The van der Waals surface area contributed by atoms with Crippen LogP contribution in [0.15, 0.2) is 52.1 Å². The molecule has 1 spiro atoms. The van der Waals surface area contributed by atoms with Crippen LogP contribution >= 0.6 is 35.0 Å². The number of amidine groups is 1. The first kappa shape index (κ1) is 32.8. The number of β-amino-alcohol motifs (C(OH)–C–C–N with tert-alkyl or cyclic N) is 1. The first-order valence-electron chi connectivity index (χ1n) is 16.1. The summed E-state index contributed by atoms with van der Waals surface area (Å²) in [7, 11) is 0. The van der Waals surface area contributed by atoms with Gasteiger partial charge in [-0.15, -0.1) is 0 Å². The Morgan fingerprint density at radius 1 is 1.13 bits per heavy atom. The van der Waals surface area contributed by atoms with Crippen LogP contribution in [0.5, 0.6) is 0 Å². The van der Waals surface area contributed by atoms with Crippen LogP contribution in [0.25, 0.3) is 0 Å². The van der Waals surface area contributed by atoms with E-state index in [1.165, 1.54) is 23.9 Å². The summed E-state index contributed by atoms with van der Waals surface area (Å²) < 4.78 is 15.0. The molecule has 0 bridgehead atoms. The predicted octanol–water partition coefficient (Wildman–Crippen LogP) is 5.47. The zero-order valence-electron chi connectivity index (χ0n) is 27.1. The summed E-state index contributed by atoms with van der Waals surface area (Å²) in [5, 5.41) is 15.8. The average Bonchev–Trinajstić information content (AvgIpc) is 3.40. The van der Waals surface area contributed by atoms with Crippen molar-refractivity contribution in [3.8, 4) is 0 Å². The van der Waals surface area contributed by atoms with Crippen LogP contribution in [0.1, 0.15) is 71.0 Å². The standard InChI is InChI=1S/C34H39Cl2FN6O3S/c1-18(2)26-27(30(45)42-16-32(4,46)13-24(42)29(44)41-17-34(10-11-34)39-14-19(41)3)47-31-40-33(5,21-7-9-25(36)38-15-21)28(43(26)31)20-6-8-22(35)23(37)12-20/h6-9,12,15,18-19,24,28,39,46H,10-11,13-14,16-17H2,1-5H3/t19-,24-,28+,32-,33-/m0/s1. The van der Waals surface area contributed by atoms with Crippen LogP contribution < -0.4 is 5.32 Å². The zero-order chi connectivity index (χ0) is 33.6. The van der Waals surface area contributed by atoms with Gasteiger partial charge in [0.15, 0.2) is 5.17 Å². The Kier molecular flexibility index (Phi) is 7.99. The van der Waals surface area contributed by atoms with Crippen molar-refractivity contribution < 1.29 is 19.1 Å². The molecular formula is C34H39Cl2FN6O3S. The first-order chi connectivity index (χ1) is 22.1. The number of amides is 2. The minimum atomic E-state index is -1.22. The van der Waals surface area contributed by atoms with Gasteiger partial charge < -0.3 is 25.1 Å². The summed E-state index contributed by atoms with van der Waals surface area (Å²) >= 11 is 13.5. The maximum Gasteiger partial charge on any atom is 0.263 e. The molecule has 5 heterocycles. The number of nitrogens with zero attached hydrogens (tertiary/aromatic N) is 5. The number of allylic oxidation sites excluding steroid dienone is 1. The lowest BCUT2D eigenvalue weighted by Gasteiger charge is -2.41. The number of nitrogens with one attached hydrogen (secondary N) is 1. The number of aliphatic imine (C=N–C) groups is 1. The molecule has 2 amide bonds. The topological polar surface area (TPSA) is 101 Å². The largest absolute Gasteiger partial charge is 0.388 e. The Bertz CT molecular complexity index is 1710. The number of hydrogen-bond donors (Lipinski definition) is 2. The number of likely N-dealkylation sites (tertiary alicyclic amines) is 1. The van der Waals surface area contributed by atoms with Crippen LogP contribution in [-0.2, 0) is 15.1 Å². The molecule has 3 fully saturated rings. The normalized spacial score (nSPS) is 31.2. The summed E-state index contributed by atoms with van der Waals surface area (Å²) in [5.41, 5.74) is -0.0197. The van der Waals surface area contributed by atoms with E-state index in [0.717, 1.165) is 24.1 Å². The summed E-state index contributed by atoms with van der Waals surface area (Å²) in [5.74, 6) is -1.13. The molecule has 5 aliphatic rings. The van der Waals surface area contributed by atoms with Crippen molar-refractivity contribution in [3.63, 3.8) is 0 Å². The maximum atomic E-state index is 15.0. The third-order valence-electron chi connectivity index (χ3n) is 10.3. The number of halogens is 3. The highest BCUT2D eigenvalue weighted by atomic mass is 35.5. The quantitative estimate of drug-likeness (QED) is 0.399. The maximum absolute atomic E-state index is 15.0. The SMILES string of the molecule is CC(C)C1=C(C(=O)N2C[C@@](C)(O)C[C@H]2C(=O)N2CC3(CC3)NC[C@@H]2C)SC2=N[C@@](C)(c3ccc(Cl)nc3)[C@@H](c3ccc(Cl)c(F)c3)N21. The second-order valence-corrected chi connectivity index (χ2v) is 16.2. The fraction of sp³-hybridized carbons (Fsp3) is 0.529. The van der Waals surface area contributed by atoms with Crippen molar-refractivity contribution in [2.75, 3.05) is 19.6 Å². The number of carbonyl (C=O) groups excluding carboxylic acids is 2. The summed E-state index contributed by atoms with van der Waals surface area (Å²) in [6, 6.07) is 6.94. The number of aromatic nitrogens is 1. The van der Waals surface area contributed by atoms with E-state index in [-0.39, 0.29) is 47.3 Å². The van der Waals surface area contributed by atoms with Gasteiger partial charge in [0.25, 0.3) is 5.91 Å². The van der Waals surface area contributed by atoms with Gasteiger partial charge >= 0.3 is 0 Å². The Morgan fingerprint density at radius 3 is 2.51 bits per heavy atom. The highest BCUT2D eigenvalue weighted by molar-refractivity contribution is 8.18. The number of piperazine rings is 1. The second-order valence-electron chi connectivity index (χ2n) is 14.5. The smallest absolute Gasteiger partial charge is 0.263 e. The van der Waals surface area contributed by atoms with E-state index in [9.17, 15) is 14.7 Å². The molecule has 1 aromatic heterocycles.